The van der Waals surface area contributed by atoms with Crippen molar-refractivity contribution in [3.8, 4) is 0 Å². The summed E-state index contributed by atoms with van der Waals surface area (Å²) in [6, 6.07) is 7.78. The summed E-state index contributed by atoms with van der Waals surface area (Å²) in [7, 11) is 3.30. The lowest BCUT2D eigenvalue weighted by atomic mass is 9.90. The minimum Gasteiger partial charge on any atom is -0.483 e. The Morgan fingerprint density at radius 1 is 1.22 bits per heavy atom. The Morgan fingerprint density at radius 2 is 1.91 bits per heavy atom. The van der Waals surface area contributed by atoms with E-state index in [0.29, 0.717) is 17.7 Å². The molecular weight excluding hydrogens is 312 g/mol. The number of benzene rings is 1. The number of halogens is 1. The third kappa shape index (κ3) is 3.86. The van der Waals surface area contributed by atoms with Gasteiger partial charge in [0.05, 0.1) is 14.2 Å². The summed E-state index contributed by atoms with van der Waals surface area (Å²) in [5.74, 6) is 1.62. The molecule has 1 heterocycles. The number of hydrogen-bond acceptors (Lipinski definition) is 4. The van der Waals surface area contributed by atoms with Gasteiger partial charge in [-0.25, -0.2) is 9.98 Å². The molecule has 2 rings (SSSR count). The van der Waals surface area contributed by atoms with Crippen molar-refractivity contribution < 1.29 is 9.47 Å². The number of aryl methyl sites for hydroxylation is 1. The van der Waals surface area contributed by atoms with Crippen molar-refractivity contribution in [3.63, 3.8) is 0 Å². The van der Waals surface area contributed by atoms with E-state index in [1.807, 2.05) is 31.2 Å². The molecule has 4 nitrogen and oxygen atoms in total. The van der Waals surface area contributed by atoms with Crippen LogP contribution in [-0.4, -0.2) is 37.6 Å². The van der Waals surface area contributed by atoms with Gasteiger partial charge in [0.2, 0.25) is 11.8 Å². The van der Waals surface area contributed by atoms with Crippen LogP contribution in [0.4, 0.5) is 0 Å². The van der Waals surface area contributed by atoms with Crippen LogP contribution >= 0.6 is 11.6 Å². The highest BCUT2D eigenvalue weighted by Gasteiger charge is 2.39. The van der Waals surface area contributed by atoms with Crippen molar-refractivity contribution in [1.29, 1.82) is 0 Å². The van der Waals surface area contributed by atoms with Crippen LogP contribution < -0.4 is 0 Å². The summed E-state index contributed by atoms with van der Waals surface area (Å²) in [5.41, 5.74) is 0.566. The fourth-order valence-corrected chi connectivity index (χ4v) is 3.02. The van der Waals surface area contributed by atoms with E-state index in [1.165, 1.54) is 0 Å². The zero-order valence-electron chi connectivity index (χ0n) is 14.5. The second-order valence-electron chi connectivity index (χ2n) is 6.35. The Morgan fingerprint density at radius 3 is 2.48 bits per heavy atom. The van der Waals surface area contributed by atoms with Crippen molar-refractivity contribution >= 4 is 23.4 Å². The first-order chi connectivity index (χ1) is 10.9. The standard InChI is InChI=1S/C18H25ClN2O2/c1-12(2)15-16(22-4)21-18(3,17(20-15)23-5)11-10-13-8-6-7-9-14(13)19/h6-9,12,15H,10-11H2,1-5H3/t15-,18+/m1/s1. The fraction of sp³-hybridized carbons (Fsp3) is 0.556. The molecule has 0 aliphatic carbocycles. The fourth-order valence-electron chi connectivity index (χ4n) is 2.79. The molecule has 0 saturated heterocycles. The molecule has 1 aromatic rings. The van der Waals surface area contributed by atoms with Crippen LogP contribution in [0.5, 0.6) is 0 Å². The number of hydrogen-bond donors (Lipinski definition) is 0. The molecule has 0 aromatic heterocycles. The highest BCUT2D eigenvalue weighted by Crippen LogP contribution is 2.29. The first kappa shape index (κ1) is 17.8. The largest absolute Gasteiger partial charge is 0.483 e. The zero-order chi connectivity index (χ0) is 17.0. The lowest BCUT2D eigenvalue weighted by Gasteiger charge is -2.33. The van der Waals surface area contributed by atoms with Crippen LogP contribution in [0.2, 0.25) is 5.02 Å². The maximum atomic E-state index is 6.26. The van der Waals surface area contributed by atoms with Gasteiger partial charge >= 0.3 is 0 Å². The van der Waals surface area contributed by atoms with Gasteiger partial charge in [0.15, 0.2) is 0 Å². The summed E-state index contributed by atoms with van der Waals surface area (Å²) in [5, 5.41) is 0.777. The van der Waals surface area contributed by atoms with E-state index in [-0.39, 0.29) is 6.04 Å². The number of aliphatic imine (C=N–C) groups is 2. The first-order valence-corrected chi connectivity index (χ1v) is 8.28. The Labute approximate surface area is 143 Å². The molecule has 0 amide bonds. The third-order valence-corrected chi connectivity index (χ3v) is 4.57. The molecule has 1 aliphatic rings. The summed E-state index contributed by atoms with van der Waals surface area (Å²) < 4.78 is 11.0. The van der Waals surface area contributed by atoms with Crippen LogP contribution in [0.3, 0.4) is 0 Å². The lowest BCUT2D eigenvalue weighted by Crippen LogP contribution is -2.45. The molecular formula is C18H25ClN2O2. The molecule has 0 bridgehead atoms. The highest BCUT2D eigenvalue weighted by molar-refractivity contribution is 6.31. The number of nitrogens with zero attached hydrogens (tertiary/aromatic N) is 2. The van der Waals surface area contributed by atoms with Crippen LogP contribution in [0.1, 0.15) is 32.8 Å². The molecule has 0 fully saturated rings. The molecule has 0 saturated carbocycles. The van der Waals surface area contributed by atoms with Gasteiger partial charge in [0.25, 0.3) is 0 Å². The van der Waals surface area contributed by atoms with Gasteiger partial charge in [0, 0.05) is 5.02 Å². The summed E-state index contributed by atoms with van der Waals surface area (Å²) in [6.07, 6.45) is 1.55. The van der Waals surface area contributed by atoms with Crippen molar-refractivity contribution in [1.82, 2.24) is 0 Å². The Hall–Kier alpha value is -1.55. The highest BCUT2D eigenvalue weighted by atomic mass is 35.5. The Bertz CT molecular complexity index is 613. The zero-order valence-corrected chi connectivity index (χ0v) is 15.2. The predicted octanol–water partition coefficient (Wildman–Crippen LogP) is 4.16. The van der Waals surface area contributed by atoms with E-state index in [4.69, 9.17) is 31.1 Å². The molecule has 2 atom stereocenters. The predicted molar refractivity (Wildman–Crippen MR) is 95.7 cm³/mol. The third-order valence-electron chi connectivity index (χ3n) is 4.20. The minimum atomic E-state index is -0.537. The average molecular weight is 337 g/mol. The van der Waals surface area contributed by atoms with Crippen LogP contribution in [-0.2, 0) is 15.9 Å². The van der Waals surface area contributed by atoms with Crippen molar-refractivity contribution in [2.24, 2.45) is 15.9 Å². The van der Waals surface area contributed by atoms with Crippen LogP contribution in [0, 0.1) is 5.92 Å². The number of rotatable bonds is 4. The van der Waals surface area contributed by atoms with Crippen molar-refractivity contribution in [2.45, 2.75) is 45.2 Å². The van der Waals surface area contributed by atoms with E-state index >= 15 is 0 Å². The van der Waals surface area contributed by atoms with Crippen molar-refractivity contribution in [2.75, 3.05) is 14.2 Å². The molecule has 0 unspecified atom stereocenters. The maximum absolute atomic E-state index is 6.26. The summed E-state index contributed by atoms with van der Waals surface area (Å²) in [6.45, 7) is 6.23. The number of methoxy groups -OCH3 is 2. The van der Waals surface area contributed by atoms with E-state index in [2.05, 4.69) is 13.8 Å². The van der Waals surface area contributed by atoms with Gasteiger partial charge in [-0.15, -0.1) is 0 Å². The SMILES string of the molecule is COC1=N[C@@](C)(CCc2ccccc2Cl)C(OC)=N[C@@H]1C(C)C. The normalized spacial score (nSPS) is 24.2. The summed E-state index contributed by atoms with van der Waals surface area (Å²) in [4.78, 5) is 9.57. The topological polar surface area (TPSA) is 43.2 Å². The van der Waals surface area contributed by atoms with Gasteiger partial charge in [-0.3, -0.25) is 0 Å². The molecule has 1 aromatic carbocycles. The Balaban J connectivity index is 2.26. The molecule has 5 heteroatoms. The number of ether oxygens (including phenoxy) is 2. The lowest BCUT2D eigenvalue weighted by molar-refractivity contribution is 0.305. The van der Waals surface area contributed by atoms with Gasteiger partial charge in [-0.1, -0.05) is 43.6 Å². The quantitative estimate of drug-likeness (QED) is 0.828. The van der Waals surface area contributed by atoms with Gasteiger partial charge < -0.3 is 9.47 Å². The summed E-state index contributed by atoms with van der Waals surface area (Å²) >= 11 is 6.26. The monoisotopic (exact) mass is 336 g/mol. The molecule has 23 heavy (non-hydrogen) atoms. The smallest absolute Gasteiger partial charge is 0.212 e. The molecule has 0 N–H and O–H groups in total. The maximum Gasteiger partial charge on any atom is 0.212 e. The van der Waals surface area contributed by atoms with Crippen LogP contribution in [0.25, 0.3) is 0 Å². The first-order valence-electron chi connectivity index (χ1n) is 7.90. The van der Waals surface area contributed by atoms with Crippen LogP contribution in [0.15, 0.2) is 34.3 Å². The van der Waals surface area contributed by atoms with E-state index in [1.54, 1.807) is 14.2 Å². The van der Waals surface area contributed by atoms with Crippen molar-refractivity contribution in [3.05, 3.63) is 34.9 Å². The average Bonchev–Trinajstić information content (AvgIpc) is 2.53. The van der Waals surface area contributed by atoms with E-state index in [0.717, 1.165) is 23.4 Å². The van der Waals surface area contributed by atoms with Gasteiger partial charge in [0.1, 0.15) is 11.6 Å². The molecule has 126 valence electrons. The minimum absolute atomic E-state index is 0.0941. The molecule has 1 aliphatic heterocycles. The molecule has 0 spiro atoms. The van der Waals surface area contributed by atoms with Gasteiger partial charge in [-0.05, 0) is 37.3 Å². The van der Waals surface area contributed by atoms with E-state index in [9.17, 15) is 0 Å². The Kier molecular flexibility index (Phi) is 5.69. The molecule has 0 radical (unpaired) electrons. The second-order valence-corrected chi connectivity index (χ2v) is 6.75. The van der Waals surface area contributed by atoms with Gasteiger partial charge in [-0.2, -0.15) is 0 Å². The van der Waals surface area contributed by atoms with E-state index < -0.39 is 5.54 Å². The second kappa shape index (κ2) is 7.35.